The summed E-state index contributed by atoms with van der Waals surface area (Å²) in [6.07, 6.45) is 2.21. The molecule has 27 heavy (non-hydrogen) atoms. The van der Waals surface area contributed by atoms with Crippen molar-refractivity contribution in [2.75, 3.05) is 13.6 Å². The average Bonchev–Trinajstić information content (AvgIpc) is 3.10. The van der Waals surface area contributed by atoms with E-state index < -0.39 is 0 Å². The van der Waals surface area contributed by atoms with Gasteiger partial charge in [-0.2, -0.15) is 0 Å². The monoisotopic (exact) mass is 352 g/mol. The van der Waals surface area contributed by atoms with Crippen molar-refractivity contribution in [1.82, 2.24) is 9.47 Å². The molecule has 0 radical (unpaired) electrons. The van der Waals surface area contributed by atoms with Crippen LogP contribution in [0.2, 0.25) is 0 Å². The second-order valence-corrected chi connectivity index (χ2v) is 7.70. The molecule has 2 nitrogen and oxygen atoms in total. The molecule has 0 spiro atoms. The molecular formula is C25H24N2. The molecule has 1 aliphatic heterocycles. The van der Waals surface area contributed by atoms with E-state index in [0.29, 0.717) is 5.92 Å². The minimum Gasteiger partial charge on any atom is -0.343 e. The highest BCUT2D eigenvalue weighted by Crippen LogP contribution is 2.34. The first-order valence-corrected chi connectivity index (χ1v) is 9.67. The van der Waals surface area contributed by atoms with Gasteiger partial charge in [0.1, 0.15) is 0 Å². The highest BCUT2D eigenvalue weighted by Gasteiger charge is 2.24. The van der Waals surface area contributed by atoms with Gasteiger partial charge in [0.25, 0.3) is 0 Å². The molecule has 1 aromatic heterocycles. The van der Waals surface area contributed by atoms with Crippen molar-refractivity contribution < 1.29 is 0 Å². The van der Waals surface area contributed by atoms with Crippen LogP contribution in [-0.2, 0) is 13.1 Å². The Bertz CT molecular complexity index is 1080. The number of aromatic nitrogens is 1. The van der Waals surface area contributed by atoms with Crippen LogP contribution in [0.4, 0.5) is 0 Å². The number of rotatable bonds is 3. The molecule has 0 bridgehead atoms. The van der Waals surface area contributed by atoms with E-state index in [1.165, 1.54) is 33.2 Å². The van der Waals surface area contributed by atoms with Gasteiger partial charge in [0.15, 0.2) is 0 Å². The lowest BCUT2D eigenvalue weighted by atomic mass is 9.84. The molecule has 0 N–H and O–H groups in total. The Labute approximate surface area is 160 Å². The summed E-state index contributed by atoms with van der Waals surface area (Å²) in [6.45, 7) is 3.04. The number of hydrogen-bond donors (Lipinski definition) is 0. The molecule has 5 rings (SSSR count). The van der Waals surface area contributed by atoms with Crippen molar-refractivity contribution in [3.05, 3.63) is 107 Å². The van der Waals surface area contributed by atoms with E-state index in [1.54, 1.807) is 0 Å². The molecule has 0 saturated carbocycles. The minimum absolute atomic E-state index is 0.446. The third-order valence-corrected chi connectivity index (χ3v) is 5.76. The van der Waals surface area contributed by atoms with Gasteiger partial charge in [-0.25, -0.2) is 0 Å². The number of fused-ring (bicyclic) bond motifs is 2. The molecule has 3 aromatic carbocycles. The Kier molecular flexibility index (Phi) is 4.06. The third-order valence-electron chi connectivity index (χ3n) is 5.76. The van der Waals surface area contributed by atoms with Gasteiger partial charge >= 0.3 is 0 Å². The average molecular weight is 352 g/mol. The standard InChI is InChI=1S/C25H24N2/c1-26-17-22-9-5-6-10-23(22)24(18-26)20-11-12-25-21(15-20)13-14-27(25)16-19-7-3-2-4-8-19/h2-15,24H,16-18H2,1H3. The zero-order chi connectivity index (χ0) is 18.2. The van der Waals surface area contributed by atoms with Gasteiger partial charge in [0, 0.05) is 37.3 Å². The van der Waals surface area contributed by atoms with Crippen LogP contribution in [0.3, 0.4) is 0 Å². The van der Waals surface area contributed by atoms with E-state index in [2.05, 4.69) is 102 Å². The maximum atomic E-state index is 2.43. The first kappa shape index (κ1) is 16.3. The van der Waals surface area contributed by atoms with E-state index in [1.807, 2.05) is 0 Å². The van der Waals surface area contributed by atoms with Gasteiger partial charge in [0.05, 0.1) is 0 Å². The highest BCUT2D eigenvalue weighted by atomic mass is 15.1. The van der Waals surface area contributed by atoms with Crippen molar-refractivity contribution in [2.24, 2.45) is 0 Å². The van der Waals surface area contributed by atoms with E-state index in [0.717, 1.165) is 19.6 Å². The van der Waals surface area contributed by atoms with Gasteiger partial charge in [-0.05, 0) is 52.9 Å². The summed E-state index contributed by atoms with van der Waals surface area (Å²) in [6, 6.07) is 28.8. The lowest BCUT2D eigenvalue weighted by molar-refractivity contribution is 0.295. The molecule has 1 unspecified atom stereocenters. The van der Waals surface area contributed by atoms with Gasteiger partial charge in [0.2, 0.25) is 0 Å². The first-order chi connectivity index (χ1) is 13.3. The second kappa shape index (κ2) is 6.71. The molecule has 0 fully saturated rings. The van der Waals surface area contributed by atoms with Crippen LogP contribution >= 0.6 is 0 Å². The minimum atomic E-state index is 0.446. The summed E-state index contributed by atoms with van der Waals surface area (Å²) < 4.78 is 2.34. The van der Waals surface area contributed by atoms with Gasteiger partial charge in [-0.1, -0.05) is 60.7 Å². The Morgan fingerprint density at radius 1 is 0.889 bits per heavy atom. The summed E-state index contributed by atoms with van der Waals surface area (Å²) in [4.78, 5) is 2.43. The van der Waals surface area contributed by atoms with Crippen molar-refractivity contribution in [3.63, 3.8) is 0 Å². The fraction of sp³-hybridized carbons (Fsp3) is 0.200. The van der Waals surface area contributed by atoms with Crippen LogP contribution in [0, 0.1) is 0 Å². The van der Waals surface area contributed by atoms with Gasteiger partial charge in [-0.3, -0.25) is 0 Å². The Morgan fingerprint density at radius 2 is 1.70 bits per heavy atom. The molecule has 0 aliphatic carbocycles. The molecule has 0 saturated heterocycles. The number of hydrogen-bond acceptors (Lipinski definition) is 1. The van der Waals surface area contributed by atoms with Crippen molar-refractivity contribution in [2.45, 2.75) is 19.0 Å². The van der Waals surface area contributed by atoms with E-state index >= 15 is 0 Å². The van der Waals surface area contributed by atoms with E-state index in [4.69, 9.17) is 0 Å². The second-order valence-electron chi connectivity index (χ2n) is 7.70. The molecule has 2 heteroatoms. The zero-order valence-corrected chi connectivity index (χ0v) is 15.7. The lowest BCUT2D eigenvalue weighted by Crippen LogP contribution is -2.30. The van der Waals surface area contributed by atoms with E-state index in [-0.39, 0.29) is 0 Å². The molecule has 1 atom stereocenters. The van der Waals surface area contributed by atoms with Gasteiger partial charge < -0.3 is 9.47 Å². The van der Waals surface area contributed by atoms with Crippen molar-refractivity contribution in [3.8, 4) is 0 Å². The summed E-state index contributed by atoms with van der Waals surface area (Å²) in [5, 5.41) is 1.33. The fourth-order valence-corrected chi connectivity index (χ4v) is 4.42. The molecule has 4 aromatic rings. The number of benzene rings is 3. The molecule has 2 heterocycles. The lowest BCUT2D eigenvalue weighted by Gasteiger charge is -2.32. The SMILES string of the molecule is CN1Cc2ccccc2C(c2ccc3c(ccn3Cc3ccccc3)c2)C1. The maximum Gasteiger partial charge on any atom is 0.0483 e. The number of nitrogens with zero attached hydrogens (tertiary/aromatic N) is 2. The Balaban J connectivity index is 1.51. The summed E-state index contributed by atoms with van der Waals surface area (Å²) in [5.74, 6) is 0.446. The van der Waals surface area contributed by atoms with Crippen LogP contribution in [-0.4, -0.2) is 23.1 Å². The van der Waals surface area contributed by atoms with Crippen LogP contribution in [0.25, 0.3) is 10.9 Å². The first-order valence-electron chi connectivity index (χ1n) is 9.67. The molecule has 134 valence electrons. The number of likely N-dealkylation sites (N-methyl/N-ethyl adjacent to an activating group) is 1. The van der Waals surface area contributed by atoms with Gasteiger partial charge in [-0.15, -0.1) is 0 Å². The predicted octanol–water partition coefficient (Wildman–Crippen LogP) is 5.27. The normalized spacial score (nSPS) is 17.1. The zero-order valence-electron chi connectivity index (χ0n) is 15.7. The van der Waals surface area contributed by atoms with Crippen LogP contribution in [0.1, 0.15) is 28.2 Å². The van der Waals surface area contributed by atoms with Crippen molar-refractivity contribution >= 4 is 10.9 Å². The fourth-order valence-electron chi connectivity index (χ4n) is 4.42. The highest BCUT2D eigenvalue weighted by molar-refractivity contribution is 5.81. The third kappa shape index (κ3) is 3.07. The quantitative estimate of drug-likeness (QED) is 0.488. The molecule has 0 amide bonds. The summed E-state index contributed by atoms with van der Waals surface area (Å²) in [5.41, 5.74) is 7.00. The summed E-state index contributed by atoms with van der Waals surface area (Å²) in [7, 11) is 2.22. The van der Waals surface area contributed by atoms with Crippen LogP contribution < -0.4 is 0 Å². The van der Waals surface area contributed by atoms with Crippen LogP contribution in [0.5, 0.6) is 0 Å². The van der Waals surface area contributed by atoms with E-state index in [9.17, 15) is 0 Å². The maximum absolute atomic E-state index is 2.43. The van der Waals surface area contributed by atoms with Crippen LogP contribution in [0.15, 0.2) is 85.1 Å². The topological polar surface area (TPSA) is 8.17 Å². The van der Waals surface area contributed by atoms with Crippen molar-refractivity contribution in [1.29, 1.82) is 0 Å². The smallest absolute Gasteiger partial charge is 0.0483 e. The predicted molar refractivity (Wildman–Crippen MR) is 112 cm³/mol. The Morgan fingerprint density at radius 3 is 2.59 bits per heavy atom. The molecule has 1 aliphatic rings. The summed E-state index contributed by atoms with van der Waals surface area (Å²) >= 11 is 0. The molecular weight excluding hydrogens is 328 g/mol. The largest absolute Gasteiger partial charge is 0.343 e. The Hall–Kier alpha value is -2.84.